The lowest BCUT2D eigenvalue weighted by molar-refractivity contribution is -0.142. The fraction of sp³-hybridized carbons (Fsp3) is 0.333. The van der Waals surface area contributed by atoms with Crippen LogP contribution in [0.15, 0.2) is 30.9 Å². The number of benzene rings is 1. The molecule has 1 aromatic rings. The van der Waals surface area contributed by atoms with Gasteiger partial charge >= 0.3 is 5.97 Å². The molecule has 0 spiro atoms. The van der Waals surface area contributed by atoms with E-state index < -0.39 is 17.9 Å². The molecule has 0 heterocycles. The molecule has 2 N–H and O–H groups in total. The molecule has 1 atom stereocenters. The summed E-state index contributed by atoms with van der Waals surface area (Å²) in [5.41, 5.74) is 2.07. The predicted octanol–water partition coefficient (Wildman–Crippen LogP) is 1.83. The van der Waals surface area contributed by atoms with E-state index in [1.54, 1.807) is 0 Å². The maximum absolute atomic E-state index is 11.6. The monoisotopic (exact) mass is 277 g/mol. The van der Waals surface area contributed by atoms with Gasteiger partial charge in [0, 0.05) is 0 Å². The van der Waals surface area contributed by atoms with Crippen molar-refractivity contribution in [3.8, 4) is 5.75 Å². The zero-order valence-corrected chi connectivity index (χ0v) is 11.7. The first kappa shape index (κ1) is 15.8. The van der Waals surface area contributed by atoms with Gasteiger partial charge in [0.25, 0.3) is 5.91 Å². The van der Waals surface area contributed by atoms with E-state index >= 15 is 0 Å². The van der Waals surface area contributed by atoms with Crippen molar-refractivity contribution in [3.63, 3.8) is 0 Å². The van der Waals surface area contributed by atoms with E-state index in [9.17, 15) is 9.59 Å². The van der Waals surface area contributed by atoms with Gasteiger partial charge < -0.3 is 15.2 Å². The Balaban J connectivity index is 2.54. The average Bonchev–Trinajstić information content (AvgIpc) is 2.34. The Morgan fingerprint density at radius 1 is 1.35 bits per heavy atom. The first-order valence-electron chi connectivity index (χ1n) is 6.26. The summed E-state index contributed by atoms with van der Waals surface area (Å²) in [4.78, 5) is 22.5. The Labute approximate surface area is 118 Å². The van der Waals surface area contributed by atoms with Gasteiger partial charge in [-0.15, -0.1) is 6.58 Å². The van der Waals surface area contributed by atoms with Crippen molar-refractivity contribution in [2.24, 2.45) is 0 Å². The fourth-order valence-electron chi connectivity index (χ4n) is 1.79. The molecular weight excluding hydrogens is 258 g/mol. The number of carbonyl (C=O) groups excluding carboxylic acids is 1. The van der Waals surface area contributed by atoms with E-state index in [0.29, 0.717) is 5.75 Å². The number of ether oxygens (including phenoxy) is 1. The normalized spacial score (nSPS) is 11.5. The number of carboxylic acid groups (broad SMARTS) is 1. The Bertz CT molecular complexity index is 490. The summed E-state index contributed by atoms with van der Waals surface area (Å²) < 4.78 is 5.36. The van der Waals surface area contributed by atoms with Crippen molar-refractivity contribution >= 4 is 11.9 Å². The third-order valence-corrected chi connectivity index (χ3v) is 2.60. The zero-order valence-electron chi connectivity index (χ0n) is 11.7. The number of hydrogen-bond donors (Lipinski definition) is 2. The number of aliphatic carboxylic acids is 1. The summed E-state index contributed by atoms with van der Waals surface area (Å²) in [5.74, 6) is -0.976. The van der Waals surface area contributed by atoms with E-state index in [1.807, 2.05) is 32.0 Å². The minimum atomic E-state index is -1.09. The van der Waals surface area contributed by atoms with Crippen LogP contribution in [-0.4, -0.2) is 29.6 Å². The van der Waals surface area contributed by atoms with Crippen LogP contribution in [0, 0.1) is 13.8 Å². The van der Waals surface area contributed by atoms with Crippen LogP contribution in [0.2, 0.25) is 0 Å². The van der Waals surface area contributed by atoms with Gasteiger partial charge in [-0.3, -0.25) is 4.79 Å². The van der Waals surface area contributed by atoms with Gasteiger partial charge in [0.1, 0.15) is 11.8 Å². The molecule has 108 valence electrons. The van der Waals surface area contributed by atoms with E-state index in [2.05, 4.69) is 11.9 Å². The van der Waals surface area contributed by atoms with Gasteiger partial charge in [-0.25, -0.2) is 4.79 Å². The van der Waals surface area contributed by atoms with Gasteiger partial charge in [0.05, 0.1) is 0 Å². The quantitative estimate of drug-likeness (QED) is 0.745. The molecule has 0 aliphatic carbocycles. The second kappa shape index (κ2) is 7.33. The van der Waals surface area contributed by atoms with Gasteiger partial charge in [0.2, 0.25) is 0 Å². The largest absolute Gasteiger partial charge is 0.484 e. The molecule has 1 unspecified atom stereocenters. The SMILES string of the molecule is C=CCC(NC(=O)COc1cc(C)cc(C)c1)C(=O)O. The highest BCUT2D eigenvalue weighted by Gasteiger charge is 2.18. The fourth-order valence-corrected chi connectivity index (χ4v) is 1.79. The van der Waals surface area contributed by atoms with Crippen molar-refractivity contribution in [1.82, 2.24) is 5.32 Å². The molecule has 20 heavy (non-hydrogen) atoms. The van der Waals surface area contributed by atoms with Crippen LogP contribution in [-0.2, 0) is 9.59 Å². The van der Waals surface area contributed by atoms with E-state index in [0.717, 1.165) is 11.1 Å². The smallest absolute Gasteiger partial charge is 0.326 e. The summed E-state index contributed by atoms with van der Waals surface area (Å²) in [5, 5.41) is 11.3. The lowest BCUT2D eigenvalue weighted by atomic mass is 10.1. The maximum Gasteiger partial charge on any atom is 0.326 e. The molecule has 0 saturated heterocycles. The third-order valence-electron chi connectivity index (χ3n) is 2.60. The minimum Gasteiger partial charge on any atom is -0.484 e. The standard InChI is InChI=1S/C15H19NO4/c1-4-5-13(15(18)19)16-14(17)9-20-12-7-10(2)6-11(3)8-12/h4,6-8,13H,1,5,9H2,2-3H3,(H,16,17)(H,18,19). The Morgan fingerprint density at radius 3 is 2.45 bits per heavy atom. The van der Waals surface area contributed by atoms with Crippen LogP contribution in [0.4, 0.5) is 0 Å². The summed E-state index contributed by atoms with van der Waals surface area (Å²) >= 11 is 0. The van der Waals surface area contributed by atoms with Gasteiger partial charge in [0.15, 0.2) is 6.61 Å². The van der Waals surface area contributed by atoms with Crippen molar-refractivity contribution < 1.29 is 19.4 Å². The Kier molecular flexibility index (Phi) is 5.77. The lowest BCUT2D eigenvalue weighted by Gasteiger charge is -2.13. The zero-order chi connectivity index (χ0) is 15.1. The molecule has 0 aliphatic rings. The molecule has 0 bridgehead atoms. The molecule has 0 fully saturated rings. The number of amides is 1. The number of carbonyl (C=O) groups is 2. The number of rotatable bonds is 7. The van der Waals surface area contributed by atoms with Crippen molar-refractivity contribution in [1.29, 1.82) is 0 Å². The van der Waals surface area contributed by atoms with Crippen LogP contribution < -0.4 is 10.1 Å². The number of hydrogen-bond acceptors (Lipinski definition) is 3. The number of aryl methyl sites for hydroxylation is 2. The average molecular weight is 277 g/mol. The summed E-state index contributed by atoms with van der Waals surface area (Å²) in [6.45, 7) is 7.11. The van der Waals surface area contributed by atoms with Crippen LogP contribution in [0.25, 0.3) is 0 Å². The highest BCUT2D eigenvalue weighted by molar-refractivity contribution is 5.84. The molecule has 0 saturated carbocycles. The Hall–Kier alpha value is -2.30. The first-order chi connectivity index (χ1) is 9.42. The predicted molar refractivity (Wildman–Crippen MR) is 75.8 cm³/mol. The molecule has 1 rings (SSSR count). The Morgan fingerprint density at radius 2 is 1.95 bits per heavy atom. The molecule has 1 amide bonds. The highest BCUT2D eigenvalue weighted by Crippen LogP contribution is 2.15. The summed E-state index contributed by atoms with van der Waals surface area (Å²) in [6, 6.07) is 4.66. The topological polar surface area (TPSA) is 75.6 Å². The van der Waals surface area contributed by atoms with Crippen LogP contribution >= 0.6 is 0 Å². The summed E-state index contributed by atoms with van der Waals surface area (Å²) in [7, 11) is 0. The maximum atomic E-state index is 11.6. The van der Waals surface area contributed by atoms with Gasteiger partial charge in [-0.05, 0) is 43.5 Å². The van der Waals surface area contributed by atoms with E-state index in [4.69, 9.17) is 9.84 Å². The van der Waals surface area contributed by atoms with Gasteiger partial charge in [-0.1, -0.05) is 12.1 Å². The molecule has 5 heteroatoms. The number of carboxylic acids is 1. The third kappa shape index (κ3) is 5.14. The van der Waals surface area contributed by atoms with Crippen LogP contribution in [0.5, 0.6) is 5.75 Å². The van der Waals surface area contributed by atoms with Crippen molar-refractivity contribution in [3.05, 3.63) is 42.0 Å². The van der Waals surface area contributed by atoms with E-state index in [1.165, 1.54) is 6.08 Å². The first-order valence-corrected chi connectivity index (χ1v) is 6.26. The van der Waals surface area contributed by atoms with Crippen molar-refractivity contribution in [2.75, 3.05) is 6.61 Å². The molecular formula is C15H19NO4. The van der Waals surface area contributed by atoms with Crippen molar-refractivity contribution in [2.45, 2.75) is 26.3 Å². The van der Waals surface area contributed by atoms with E-state index in [-0.39, 0.29) is 13.0 Å². The second-order valence-corrected chi connectivity index (χ2v) is 4.59. The molecule has 5 nitrogen and oxygen atoms in total. The second-order valence-electron chi connectivity index (χ2n) is 4.59. The van der Waals surface area contributed by atoms with Gasteiger partial charge in [-0.2, -0.15) is 0 Å². The molecule has 0 aliphatic heterocycles. The molecule has 0 radical (unpaired) electrons. The molecule has 1 aromatic carbocycles. The minimum absolute atomic E-state index is 0.171. The lowest BCUT2D eigenvalue weighted by Crippen LogP contribution is -2.42. The number of nitrogens with one attached hydrogen (secondary N) is 1. The van der Waals surface area contributed by atoms with Crippen LogP contribution in [0.3, 0.4) is 0 Å². The molecule has 0 aromatic heterocycles. The summed E-state index contributed by atoms with van der Waals surface area (Å²) in [6.07, 6.45) is 1.62. The van der Waals surface area contributed by atoms with Crippen LogP contribution in [0.1, 0.15) is 17.5 Å². The highest BCUT2D eigenvalue weighted by atomic mass is 16.5.